The number of benzene rings is 2. The Kier molecular flexibility index (Phi) is 4.07. The third kappa shape index (κ3) is 3.48. The molecule has 0 unspecified atom stereocenters. The van der Waals surface area contributed by atoms with Crippen molar-refractivity contribution in [1.29, 1.82) is 0 Å². The third-order valence-corrected chi connectivity index (χ3v) is 3.13. The average Bonchev–Trinajstić information content (AvgIpc) is 2.39. The number of carboxylic acid groups (broad SMARTS) is 1. The van der Waals surface area contributed by atoms with Crippen LogP contribution in [0.15, 0.2) is 42.5 Å². The van der Waals surface area contributed by atoms with E-state index in [-0.39, 0.29) is 5.56 Å². The van der Waals surface area contributed by atoms with Gasteiger partial charge in [-0.25, -0.2) is 4.79 Å². The van der Waals surface area contributed by atoms with E-state index in [1.54, 1.807) is 6.07 Å². The summed E-state index contributed by atoms with van der Waals surface area (Å²) in [5, 5.41) is 12.5. The summed E-state index contributed by atoms with van der Waals surface area (Å²) < 4.78 is 0. The fourth-order valence-corrected chi connectivity index (χ4v) is 1.94. The number of anilines is 1. The molecule has 98 valence electrons. The molecule has 0 spiro atoms. The summed E-state index contributed by atoms with van der Waals surface area (Å²) in [5.41, 5.74) is 3.27. The molecule has 0 saturated heterocycles. The molecular weight excluding hydrogens is 262 g/mol. The molecule has 0 aromatic heterocycles. The van der Waals surface area contributed by atoms with E-state index in [2.05, 4.69) is 5.32 Å². The molecule has 19 heavy (non-hydrogen) atoms. The smallest absolute Gasteiger partial charge is 0.335 e. The quantitative estimate of drug-likeness (QED) is 0.888. The highest BCUT2D eigenvalue weighted by atomic mass is 35.5. The monoisotopic (exact) mass is 275 g/mol. The number of aromatic carboxylic acids is 1. The second-order valence-electron chi connectivity index (χ2n) is 4.34. The van der Waals surface area contributed by atoms with Crippen LogP contribution in [-0.4, -0.2) is 11.1 Å². The molecule has 2 aromatic rings. The van der Waals surface area contributed by atoms with E-state index in [0.29, 0.717) is 11.6 Å². The van der Waals surface area contributed by atoms with E-state index in [1.807, 2.05) is 31.2 Å². The highest BCUT2D eigenvalue weighted by molar-refractivity contribution is 6.33. The molecule has 4 heteroatoms. The zero-order valence-electron chi connectivity index (χ0n) is 10.5. The van der Waals surface area contributed by atoms with E-state index in [0.717, 1.165) is 11.3 Å². The first-order valence-electron chi connectivity index (χ1n) is 5.88. The molecule has 3 nitrogen and oxygen atoms in total. The highest BCUT2D eigenvalue weighted by Crippen LogP contribution is 2.23. The maximum Gasteiger partial charge on any atom is 0.335 e. The van der Waals surface area contributed by atoms with Gasteiger partial charge >= 0.3 is 5.97 Å². The zero-order chi connectivity index (χ0) is 13.8. The van der Waals surface area contributed by atoms with E-state index in [4.69, 9.17) is 16.7 Å². The second-order valence-corrected chi connectivity index (χ2v) is 4.75. The van der Waals surface area contributed by atoms with Crippen LogP contribution in [0.3, 0.4) is 0 Å². The van der Waals surface area contributed by atoms with Crippen molar-refractivity contribution in [3.63, 3.8) is 0 Å². The van der Waals surface area contributed by atoms with Crippen LogP contribution >= 0.6 is 11.6 Å². The predicted molar refractivity (Wildman–Crippen MR) is 76.9 cm³/mol. The van der Waals surface area contributed by atoms with Crippen molar-refractivity contribution < 1.29 is 9.90 Å². The summed E-state index contributed by atoms with van der Waals surface area (Å²) in [6, 6.07) is 12.8. The molecular formula is C15H14ClNO2. The summed E-state index contributed by atoms with van der Waals surface area (Å²) in [5.74, 6) is -0.980. The molecule has 0 saturated carbocycles. The van der Waals surface area contributed by atoms with Gasteiger partial charge in [-0.3, -0.25) is 0 Å². The summed E-state index contributed by atoms with van der Waals surface area (Å²) in [6.45, 7) is 2.69. The van der Waals surface area contributed by atoms with Crippen molar-refractivity contribution in [2.45, 2.75) is 13.5 Å². The number of hydrogen-bond donors (Lipinski definition) is 2. The van der Waals surface area contributed by atoms with Gasteiger partial charge in [0.15, 0.2) is 0 Å². The van der Waals surface area contributed by atoms with Gasteiger partial charge in [-0.05, 0) is 30.7 Å². The zero-order valence-corrected chi connectivity index (χ0v) is 11.2. The molecule has 0 radical (unpaired) electrons. The van der Waals surface area contributed by atoms with Gasteiger partial charge in [0, 0.05) is 6.54 Å². The Bertz CT molecular complexity index is 594. The minimum Gasteiger partial charge on any atom is -0.478 e. The SMILES string of the molecule is Cc1ccc(CNc2ccc(C(=O)O)cc2Cl)cc1. The molecule has 0 aliphatic carbocycles. The number of carboxylic acids is 1. The van der Waals surface area contributed by atoms with Crippen molar-refractivity contribution in [3.05, 3.63) is 64.2 Å². The van der Waals surface area contributed by atoms with Crippen LogP contribution in [0, 0.1) is 6.92 Å². The second kappa shape index (κ2) is 5.76. The Balaban J connectivity index is 2.07. The standard InChI is InChI=1S/C15H14ClNO2/c1-10-2-4-11(5-3-10)9-17-14-7-6-12(15(18)19)8-13(14)16/h2-8,17H,9H2,1H3,(H,18,19). The number of halogens is 1. The van der Waals surface area contributed by atoms with Gasteiger partial charge in [0.25, 0.3) is 0 Å². The number of aryl methyl sites for hydroxylation is 1. The highest BCUT2D eigenvalue weighted by Gasteiger charge is 2.06. The minimum absolute atomic E-state index is 0.186. The van der Waals surface area contributed by atoms with E-state index < -0.39 is 5.97 Å². The molecule has 2 N–H and O–H groups in total. The molecule has 0 bridgehead atoms. The maximum atomic E-state index is 10.8. The van der Waals surface area contributed by atoms with Gasteiger partial charge < -0.3 is 10.4 Å². The lowest BCUT2D eigenvalue weighted by molar-refractivity contribution is 0.0697. The Morgan fingerprint density at radius 3 is 2.47 bits per heavy atom. The van der Waals surface area contributed by atoms with Crippen LogP contribution < -0.4 is 5.32 Å². The number of nitrogens with one attached hydrogen (secondary N) is 1. The lowest BCUT2D eigenvalue weighted by Gasteiger charge is -2.09. The van der Waals surface area contributed by atoms with Gasteiger partial charge in [0.1, 0.15) is 0 Å². The number of carbonyl (C=O) groups is 1. The predicted octanol–water partition coefficient (Wildman–Crippen LogP) is 3.96. The molecule has 0 atom stereocenters. The largest absolute Gasteiger partial charge is 0.478 e. The van der Waals surface area contributed by atoms with Crippen molar-refractivity contribution in [1.82, 2.24) is 0 Å². The fraction of sp³-hybridized carbons (Fsp3) is 0.133. The Morgan fingerprint density at radius 1 is 1.21 bits per heavy atom. The number of hydrogen-bond acceptors (Lipinski definition) is 2. The molecule has 0 fully saturated rings. The Labute approximate surface area is 116 Å². The van der Waals surface area contributed by atoms with Crippen LogP contribution in [0.1, 0.15) is 21.5 Å². The van der Waals surface area contributed by atoms with Crippen molar-refractivity contribution in [2.75, 3.05) is 5.32 Å². The van der Waals surface area contributed by atoms with Gasteiger partial charge in [-0.1, -0.05) is 41.4 Å². The normalized spacial score (nSPS) is 10.2. The van der Waals surface area contributed by atoms with Crippen molar-refractivity contribution in [3.8, 4) is 0 Å². The summed E-state index contributed by atoms with van der Waals surface area (Å²) in [6.07, 6.45) is 0. The average molecular weight is 276 g/mol. The summed E-state index contributed by atoms with van der Waals surface area (Å²) >= 11 is 6.04. The molecule has 0 heterocycles. The molecule has 0 amide bonds. The topological polar surface area (TPSA) is 49.3 Å². The number of rotatable bonds is 4. The first-order chi connectivity index (χ1) is 9.06. The summed E-state index contributed by atoms with van der Waals surface area (Å²) in [4.78, 5) is 10.8. The fourth-order valence-electron chi connectivity index (χ4n) is 1.69. The Morgan fingerprint density at radius 2 is 1.89 bits per heavy atom. The lowest BCUT2D eigenvalue weighted by Crippen LogP contribution is -2.02. The molecule has 2 rings (SSSR count). The Hall–Kier alpha value is -2.00. The maximum absolute atomic E-state index is 10.8. The van der Waals surface area contributed by atoms with Gasteiger partial charge in [-0.15, -0.1) is 0 Å². The van der Waals surface area contributed by atoms with Gasteiger partial charge in [-0.2, -0.15) is 0 Å². The van der Waals surface area contributed by atoms with E-state index in [1.165, 1.54) is 17.7 Å². The van der Waals surface area contributed by atoms with E-state index in [9.17, 15) is 4.79 Å². The minimum atomic E-state index is -0.980. The first-order valence-corrected chi connectivity index (χ1v) is 6.26. The van der Waals surface area contributed by atoms with Crippen LogP contribution in [0.25, 0.3) is 0 Å². The van der Waals surface area contributed by atoms with Crippen LogP contribution in [-0.2, 0) is 6.54 Å². The molecule has 0 aliphatic heterocycles. The van der Waals surface area contributed by atoms with Gasteiger partial charge in [0.05, 0.1) is 16.3 Å². The van der Waals surface area contributed by atoms with Crippen LogP contribution in [0.4, 0.5) is 5.69 Å². The first kappa shape index (κ1) is 13.4. The van der Waals surface area contributed by atoms with E-state index >= 15 is 0 Å². The van der Waals surface area contributed by atoms with Gasteiger partial charge in [0.2, 0.25) is 0 Å². The molecule has 0 aliphatic rings. The van der Waals surface area contributed by atoms with Crippen molar-refractivity contribution >= 4 is 23.3 Å². The molecule has 2 aromatic carbocycles. The van der Waals surface area contributed by atoms with Crippen LogP contribution in [0.5, 0.6) is 0 Å². The lowest BCUT2D eigenvalue weighted by atomic mass is 10.1. The van der Waals surface area contributed by atoms with Crippen molar-refractivity contribution in [2.24, 2.45) is 0 Å². The summed E-state index contributed by atoms with van der Waals surface area (Å²) in [7, 11) is 0. The third-order valence-electron chi connectivity index (χ3n) is 2.82. The van der Waals surface area contributed by atoms with Crippen LogP contribution in [0.2, 0.25) is 5.02 Å².